The number of para-hydroxylation sites is 1. The third kappa shape index (κ3) is 4.59. The topological polar surface area (TPSA) is 115 Å². The first-order valence-electron chi connectivity index (χ1n) is 11.6. The van der Waals surface area contributed by atoms with Gasteiger partial charge in [0.1, 0.15) is 28.5 Å². The lowest BCUT2D eigenvalue weighted by Crippen LogP contribution is -2.26. The number of benzene rings is 2. The van der Waals surface area contributed by atoms with Gasteiger partial charge in [-0.1, -0.05) is 12.1 Å². The summed E-state index contributed by atoms with van der Waals surface area (Å²) < 4.78 is 11.8. The quantitative estimate of drug-likeness (QED) is 0.495. The molecule has 9 heteroatoms. The second kappa shape index (κ2) is 8.74. The molecule has 2 aliphatic rings. The monoisotopic (exact) mass is 474 g/mol. The van der Waals surface area contributed by atoms with Crippen LogP contribution in [0, 0.1) is 0 Å². The molecule has 3 heterocycles. The van der Waals surface area contributed by atoms with Crippen molar-refractivity contribution in [2.45, 2.75) is 38.8 Å². The van der Waals surface area contributed by atoms with E-state index in [4.69, 9.17) is 15.2 Å². The number of fused-ring (bicyclic) bond motifs is 2. The molecule has 4 N–H and O–H groups in total. The molecule has 1 aromatic heterocycles. The third-order valence-electron chi connectivity index (χ3n) is 6.37. The fourth-order valence-corrected chi connectivity index (χ4v) is 4.67. The number of nitrogens with one attached hydrogen (secondary N) is 2. The van der Waals surface area contributed by atoms with Gasteiger partial charge in [0.2, 0.25) is 5.95 Å². The van der Waals surface area contributed by atoms with Crippen molar-refractivity contribution in [1.82, 2.24) is 14.9 Å². The van der Waals surface area contributed by atoms with Crippen LogP contribution in [0.2, 0.25) is 0 Å². The smallest absolute Gasteiger partial charge is 0.254 e. The van der Waals surface area contributed by atoms with Crippen LogP contribution in [-0.2, 0) is 19.4 Å². The minimum Gasteiger partial charge on any atom is -0.495 e. The molecule has 5 rings (SSSR count). The molecule has 1 amide bonds. The first kappa shape index (κ1) is 22.9. The Kier molecular flexibility index (Phi) is 5.72. The number of methoxy groups -OCH3 is 1. The zero-order valence-corrected chi connectivity index (χ0v) is 20.4. The standard InChI is InChI=1S/C26H30N6O3/c1-26(2)12-16-6-5-7-19(22(16)35-26)29-24-18(23(27)33)13-28-25(31-24)30-20-10-17-14-32(3)9-8-15(17)11-21(20)34-4/h5-7,10-11,13H,8-9,12,14H2,1-4H3,(H2,27,33)(H2,28,29,30,31). The number of aromatic nitrogens is 2. The second-order valence-corrected chi connectivity index (χ2v) is 9.71. The van der Waals surface area contributed by atoms with Gasteiger partial charge in [-0.05, 0) is 56.6 Å². The third-order valence-corrected chi connectivity index (χ3v) is 6.37. The summed E-state index contributed by atoms with van der Waals surface area (Å²) in [6.45, 7) is 5.96. The molecule has 0 unspecified atom stereocenters. The van der Waals surface area contributed by atoms with Crippen molar-refractivity contribution >= 4 is 29.0 Å². The number of carbonyl (C=O) groups excluding carboxylic acids is 1. The summed E-state index contributed by atoms with van der Waals surface area (Å²) >= 11 is 0. The largest absolute Gasteiger partial charge is 0.495 e. The summed E-state index contributed by atoms with van der Waals surface area (Å²) in [5.41, 5.74) is 10.6. The first-order valence-corrected chi connectivity index (χ1v) is 11.6. The molecule has 0 saturated carbocycles. The molecular weight excluding hydrogens is 444 g/mol. The van der Waals surface area contributed by atoms with Gasteiger partial charge >= 0.3 is 0 Å². The Morgan fingerprint density at radius 3 is 2.77 bits per heavy atom. The molecule has 2 aromatic carbocycles. The number of likely N-dealkylation sites (N-methyl/N-ethyl adjacent to an activating group) is 1. The number of hydrogen-bond acceptors (Lipinski definition) is 8. The molecule has 0 spiro atoms. The van der Waals surface area contributed by atoms with Crippen LogP contribution in [0.1, 0.15) is 40.9 Å². The van der Waals surface area contributed by atoms with Gasteiger partial charge < -0.3 is 30.7 Å². The van der Waals surface area contributed by atoms with Crippen LogP contribution < -0.4 is 25.8 Å². The van der Waals surface area contributed by atoms with Crippen molar-refractivity contribution in [2.24, 2.45) is 5.73 Å². The molecule has 2 aliphatic heterocycles. The molecule has 0 saturated heterocycles. The van der Waals surface area contributed by atoms with Gasteiger partial charge in [0.15, 0.2) is 0 Å². The van der Waals surface area contributed by atoms with Crippen molar-refractivity contribution in [3.05, 3.63) is 58.8 Å². The molecule has 35 heavy (non-hydrogen) atoms. The van der Waals surface area contributed by atoms with Gasteiger partial charge in [0.25, 0.3) is 5.91 Å². The van der Waals surface area contributed by atoms with E-state index in [1.807, 2.05) is 32.0 Å². The Bertz CT molecular complexity index is 1310. The summed E-state index contributed by atoms with van der Waals surface area (Å²) in [6, 6.07) is 10.0. The van der Waals surface area contributed by atoms with Crippen LogP contribution in [0.5, 0.6) is 11.5 Å². The molecule has 0 fully saturated rings. The Morgan fingerprint density at radius 2 is 2.00 bits per heavy atom. The minimum absolute atomic E-state index is 0.185. The zero-order valence-electron chi connectivity index (χ0n) is 20.4. The highest BCUT2D eigenvalue weighted by molar-refractivity contribution is 5.98. The van der Waals surface area contributed by atoms with Gasteiger partial charge in [0, 0.05) is 31.3 Å². The van der Waals surface area contributed by atoms with Crippen molar-refractivity contribution in [1.29, 1.82) is 0 Å². The highest BCUT2D eigenvalue weighted by atomic mass is 16.5. The molecule has 0 aliphatic carbocycles. The van der Waals surface area contributed by atoms with Crippen LogP contribution >= 0.6 is 0 Å². The van der Waals surface area contributed by atoms with E-state index >= 15 is 0 Å². The van der Waals surface area contributed by atoms with Gasteiger partial charge in [-0.25, -0.2) is 4.98 Å². The maximum Gasteiger partial charge on any atom is 0.254 e. The Morgan fingerprint density at radius 1 is 1.17 bits per heavy atom. The highest BCUT2D eigenvalue weighted by Crippen LogP contribution is 2.41. The number of nitrogens with zero attached hydrogens (tertiary/aromatic N) is 3. The molecule has 0 bridgehead atoms. The van der Waals surface area contributed by atoms with Crippen LogP contribution in [0.3, 0.4) is 0 Å². The first-order chi connectivity index (χ1) is 16.7. The lowest BCUT2D eigenvalue weighted by atomic mass is 9.99. The Hall–Kier alpha value is -3.85. The second-order valence-electron chi connectivity index (χ2n) is 9.71. The zero-order chi connectivity index (χ0) is 24.7. The van der Waals surface area contributed by atoms with Crippen LogP contribution in [0.4, 0.5) is 23.1 Å². The van der Waals surface area contributed by atoms with E-state index in [2.05, 4.69) is 44.7 Å². The molecular formula is C26H30N6O3. The van der Waals surface area contributed by atoms with Gasteiger partial charge in [-0.2, -0.15) is 4.98 Å². The molecule has 0 atom stereocenters. The number of anilines is 4. The van der Waals surface area contributed by atoms with Gasteiger partial charge in [-0.3, -0.25) is 4.79 Å². The molecule has 182 valence electrons. The number of rotatable bonds is 6. The van der Waals surface area contributed by atoms with Gasteiger partial charge in [0.05, 0.1) is 18.5 Å². The summed E-state index contributed by atoms with van der Waals surface area (Å²) in [7, 11) is 3.75. The number of hydrogen-bond donors (Lipinski definition) is 3. The molecule has 0 radical (unpaired) electrons. The Labute approximate surface area is 204 Å². The fourth-order valence-electron chi connectivity index (χ4n) is 4.67. The number of amides is 1. The van der Waals surface area contributed by atoms with E-state index in [1.54, 1.807) is 7.11 Å². The predicted octanol–water partition coefficient (Wildman–Crippen LogP) is 3.77. The summed E-state index contributed by atoms with van der Waals surface area (Å²) in [5.74, 6) is 1.45. The number of nitrogens with two attached hydrogens (primary N) is 1. The van der Waals surface area contributed by atoms with E-state index in [1.165, 1.54) is 17.3 Å². The minimum atomic E-state index is -0.623. The molecule has 9 nitrogen and oxygen atoms in total. The number of carbonyl (C=O) groups is 1. The lowest BCUT2D eigenvalue weighted by molar-refractivity contribution is 0.100. The SMILES string of the molecule is COc1cc2c(cc1Nc1ncc(C(N)=O)c(Nc3cccc4c3OC(C)(C)C4)n1)CN(C)CC2. The summed E-state index contributed by atoms with van der Waals surface area (Å²) in [4.78, 5) is 23.3. The van der Waals surface area contributed by atoms with Crippen molar-refractivity contribution < 1.29 is 14.3 Å². The van der Waals surface area contributed by atoms with Crippen LogP contribution in [0.15, 0.2) is 36.5 Å². The van der Waals surface area contributed by atoms with E-state index in [-0.39, 0.29) is 11.2 Å². The molecule has 3 aromatic rings. The average molecular weight is 475 g/mol. The summed E-state index contributed by atoms with van der Waals surface area (Å²) in [6.07, 6.45) is 3.19. The summed E-state index contributed by atoms with van der Waals surface area (Å²) in [5, 5.41) is 6.50. The lowest BCUT2D eigenvalue weighted by Gasteiger charge is -2.26. The average Bonchev–Trinajstić information content (AvgIpc) is 3.13. The van der Waals surface area contributed by atoms with E-state index < -0.39 is 5.91 Å². The number of primary amides is 1. The normalized spacial score (nSPS) is 16.1. The predicted molar refractivity (Wildman–Crippen MR) is 135 cm³/mol. The van der Waals surface area contributed by atoms with Crippen molar-refractivity contribution in [2.75, 3.05) is 31.3 Å². The Balaban J connectivity index is 1.48. The van der Waals surface area contributed by atoms with E-state index in [0.717, 1.165) is 48.6 Å². The van der Waals surface area contributed by atoms with Gasteiger partial charge in [-0.15, -0.1) is 0 Å². The maximum atomic E-state index is 12.1. The highest BCUT2D eigenvalue weighted by Gasteiger charge is 2.32. The van der Waals surface area contributed by atoms with E-state index in [9.17, 15) is 4.79 Å². The van der Waals surface area contributed by atoms with Crippen molar-refractivity contribution in [3.8, 4) is 11.5 Å². The van der Waals surface area contributed by atoms with Crippen molar-refractivity contribution in [3.63, 3.8) is 0 Å². The van der Waals surface area contributed by atoms with Crippen LogP contribution in [0.25, 0.3) is 0 Å². The van der Waals surface area contributed by atoms with E-state index in [0.29, 0.717) is 17.5 Å². The van der Waals surface area contributed by atoms with Crippen LogP contribution in [-0.4, -0.2) is 47.1 Å². The fraction of sp³-hybridized carbons (Fsp3) is 0.346. The number of ether oxygens (including phenoxy) is 2. The maximum absolute atomic E-state index is 12.1.